The number of nitrogens with one attached hydrogen (secondary N) is 1. The molecule has 2 saturated carbocycles. The minimum atomic E-state index is -3.24. The van der Waals surface area contributed by atoms with Crippen molar-refractivity contribution in [1.82, 2.24) is 9.88 Å². The van der Waals surface area contributed by atoms with Crippen LogP contribution in [0.3, 0.4) is 0 Å². The quantitative estimate of drug-likeness (QED) is 0.862. The van der Waals surface area contributed by atoms with E-state index in [0.29, 0.717) is 17.9 Å². The Balaban J connectivity index is 1.44. The van der Waals surface area contributed by atoms with Gasteiger partial charge in [-0.1, -0.05) is 5.16 Å². The number of ether oxygens (including phenoxy) is 1. The van der Waals surface area contributed by atoms with E-state index in [1.807, 2.05) is 0 Å². The molecule has 3 rings (SSSR count). The monoisotopic (exact) mass is 328 g/mol. The van der Waals surface area contributed by atoms with E-state index in [2.05, 4.69) is 9.88 Å². The summed E-state index contributed by atoms with van der Waals surface area (Å²) in [6, 6.07) is 0.0831. The topological polar surface area (TPSA) is 81.4 Å². The predicted molar refractivity (Wildman–Crippen MR) is 81.8 cm³/mol. The summed E-state index contributed by atoms with van der Waals surface area (Å²) in [6.07, 6.45) is 10.2. The molecule has 0 amide bonds. The van der Waals surface area contributed by atoms with Crippen molar-refractivity contribution >= 4 is 10.0 Å². The van der Waals surface area contributed by atoms with E-state index in [4.69, 9.17) is 9.26 Å². The molecule has 1 N–H and O–H groups in total. The Hall–Kier alpha value is -0.920. The van der Waals surface area contributed by atoms with E-state index in [1.54, 1.807) is 13.3 Å². The zero-order valence-electron chi connectivity index (χ0n) is 13.0. The molecular weight excluding hydrogens is 304 g/mol. The zero-order valence-corrected chi connectivity index (χ0v) is 13.8. The summed E-state index contributed by atoms with van der Waals surface area (Å²) in [7, 11) is -1.47. The first kappa shape index (κ1) is 16.0. The third-order valence-corrected chi connectivity index (χ3v) is 6.62. The van der Waals surface area contributed by atoms with Crippen LogP contribution in [-0.4, -0.2) is 38.6 Å². The van der Waals surface area contributed by atoms with Crippen molar-refractivity contribution in [3.63, 3.8) is 0 Å². The Labute approximate surface area is 131 Å². The lowest BCUT2D eigenvalue weighted by molar-refractivity contribution is -0.0794. The van der Waals surface area contributed by atoms with Gasteiger partial charge in [0.1, 0.15) is 6.26 Å². The van der Waals surface area contributed by atoms with Gasteiger partial charge in [0.2, 0.25) is 10.0 Å². The molecule has 0 atom stereocenters. The van der Waals surface area contributed by atoms with Gasteiger partial charge in [0.05, 0.1) is 18.1 Å². The molecule has 0 unspecified atom stereocenters. The predicted octanol–water partition coefficient (Wildman–Crippen LogP) is 1.87. The highest BCUT2D eigenvalue weighted by atomic mass is 32.2. The molecular formula is C15H24N2O4S. The van der Waals surface area contributed by atoms with Crippen molar-refractivity contribution in [2.24, 2.45) is 5.41 Å². The van der Waals surface area contributed by atoms with Crippen LogP contribution in [0.5, 0.6) is 0 Å². The lowest BCUT2D eigenvalue weighted by atomic mass is 9.59. The molecule has 1 spiro atoms. The molecule has 1 heterocycles. The molecule has 2 aliphatic rings. The Kier molecular flexibility index (Phi) is 4.56. The number of aryl methyl sites for hydroxylation is 1. The van der Waals surface area contributed by atoms with Crippen molar-refractivity contribution in [3.05, 3.63) is 18.0 Å². The van der Waals surface area contributed by atoms with Crippen LogP contribution in [0.2, 0.25) is 0 Å². The van der Waals surface area contributed by atoms with Crippen molar-refractivity contribution in [3.8, 4) is 0 Å². The normalized spacial score (nSPS) is 32.0. The van der Waals surface area contributed by atoms with E-state index in [-0.39, 0.29) is 11.8 Å². The SMILES string of the molecule is COC1CC2(CCC(NS(=O)(=O)CCc3cnoc3)CC2)C1. The van der Waals surface area contributed by atoms with Gasteiger partial charge >= 0.3 is 0 Å². The fourth-order valence-corrected chi connectivity index (χ4v) is 5.11. The number of methoxy groups -OCH3 is 1. The van der Waals surface area contributed by atoms with Gasteiger partial charge in [0.15, 0.2) is 0 Å². The first-order valence-corrected chi connectivity index (χ1v) is 9.57. The van der Waals surface area contributed by atoms with Gasteiger partial charge in [-0.15, -0.1) is 0 Å². The first-order valence-electron chi connectivity index (χ1n) is 7.91. The molecule has 7 heteroatoms. The minimum Gasteiger partial charge on any atom is -0.381 e. The van der Waals surface area contributed by atoms with Crippen molar-refractivity contribution in [1.29, 1.82) is 0 Å². The average Bonchev–Trinajstić information content (AvgIpc) is 2.97. The number of rotatable bonds is 6. The maximum atomic E-state index is 12.2. The highest BCUT2D eigenvalue weighted by molar-refractivity contribution is 7.89. The Morgan fingerprint density at radius 2 is 2.14 bits per heavy atom. The molecule has 2 fully saturated rings. The van der Waals surface area contributed by atoms with Gasteiger partial charge in [-0.25, -0.2) is 13.1 Å². The molecule has 0 aliphatic heterocycles. The molecule has 0 bridgehead atoms. The van der Waals surface area contributed by atoms with E-state index in [1.165, 1.54) is 6.26 Å². The van der Waals surface area contributed by atoms with Crippen molar-refractivity contribution in [2.45, 2.75) is 57.1 Å². The third-order valence-electron chi connectivity index (χ3n) is 5.19. The molecule has 0 saturated heterocycles. The van der Waals surface area contributed by atoms with Gasteiger partial charge in [-0.3, -0.25) is 0 Å². The van der Waals surface area contributed by atoms with Crippen LogP contribution < -0.4 is 4.72 Å². The number of sulfonamides is 1. The average molecular weight is 328 g/mol. The van der Waals surface area contributed by atoms with Gasteiger partial charge < -0.3 is 9.26 Å². The standard InChI is InChI=1S/C15H24N2O4S/c1-20-14-8-15(9-14)5-2-13(3-6-15)17-22(18,19)7-4-12-10-16-21-11-12/h10-11,13-14,17H,2-9H2,1H3. The largest absolute Gasteiger partial charge is 0.381 e. The van der Waals surface area contributed by atoms with Crippen LogP contribution in [0.15, 0.2) is 17.0 Å². The molecule has 1 aromatic rings. The molecule has 124 valence electrons. The summed E-state index contributed by atoms with van der Waals surface area (Å²) in [5.74, 6) is 0.0849. The highest BCUT2D eigenvalue weighted by Crippen LogP contribution is 2.52. The third kappa shape index (κ3) is 3.70. The molecule has 0 radical (unpaired) electrons. The molecule has 22 heavy (non-hydrogen) atoms. The second-order valence-electron chi connectivity index (χ2n) is 6.76. The fraction of sp³-hybridized carbons (Fsp3) is 0.800. The van der Waals surface area contributed by atoms with Crippen LogP contribution in [0.1, 0.15) is 44.1 Å². The summed E-state index contributed by atoms with van der Waals surface area (Å²) < 4.78 is 37.2. The fourth-order valence-electron chi connectivity index (χ4n) is 3.74. The number of hydrogen-bond acceptors (Lipinski definition) is 5. The maximum absolute atomic E-state index is 12.2. The summed E-state index contributed by atoms with van der Waals surface area (Å²) in [5, 5.41) is 3.58. The van der Waals surface area contributed by atoms with Gasteiger partial charge in [-0.05, 0) is 50.4 Å². The van der Waals surface area contributed by atoms with E-state index in [0.717, 1.165) is 44.1 Å². The lowest BCUT2D eigenvalue weighted by Gasteiger charge is -2.51. The zero-order chi connectivity index (χ0) is 15.6. The number of nitrogens with zero attached hydrogens (tertiary/aromatic N) is 1. The van der Waals surface area contributed by atoms with Crippen LogP contribution in [0, 0.1) is 5.41 Å². The Morgan fingerprint density at radius 1 is 1.41 bits per heavy atom. The number of aromatic nitrogens is 1. The Bertz CT molecular complexity index is 569. The van der Waals surface area contributed by atoms with Crippen LogP contribution in [0.25, 0.3) is 0 Å². The highest BCUT2D eigenvalue weighted by Gasteiger charge is 2.46. The minimum absolute atomic E-state index is 0.0831. The van der Waals surface area contributed by atoms with Crippen molar-refractivity contribution < 1.29 is 17.7 Å². The first-order chi connectivity index (χ1) is 10.5. The lowest BCUT2D eigenvalue weighted by Crippen LogP contribution is -2.48. The summed E-state index contributed by atoms with van der Waals surface area (Å²) in [4.78, 5) is 0. The van der Waals surface area contributed by atoms with E-state index in [9.17, 15) is 8.42 Å². The Morgan fingerprint density at radius 3 is 2.73 bits per heavy atom. The van der Waals surface area contributed by atoms with Crippen LogP contribution in [0.4, 0.5) is 0 Å². The van der Waals surface area contributed by atoms with E-state index >= 15 is 0 Å². The molecule has 1 aromatic heterocycles. The molecule has 0 aromatic carbocycles. The summed E-state index contributed by atoms with van der Waals surface area (Å²) in [5.41, 5.74) is 1.23. The maximum Gasteiger partial charge on any atom is 0.212 e. The van der Waals surface area contributed by atoms with Crippen molar-refractivity contribution in [2.75, 3.05) is 12.9 Å². The molecule has 6 nitrogen and oxygen atoms in total. The van der Waals surface area contributed by atoms with Gasteiger partial charge in [0.25, 0.3) is 0 Å². The smallest absolute Gasteiger partial charge is 0.212 e. The number of hydrogen-bond donors (Lipinski definition) is 1. The van der Waals surface area contributed by atoms with E-state index < -0.39 is 10.0 Å². The van der Waals surface area contributed by atoms with Gasteiger partial charge in [0, 0.05) is 18.7 Å². The second-order valence-corrected chi connectivity index (χ2v) is 8.63. The summed E-state index contributed by atoms with van der Waals surface area (Å²) >= 11 is 0. The second kappa shape index (κ2) is 6.29. The molecule has 2 aliphatic carbocycles. The summed E-state index contributed by atoms with van der Waals surface area (Å²) in [6.45, 7) is 0. The van der Waals surface area contributed by atoms with Crippen LogP contribution >= 0.6 is 0 Å². The van der Waals surface area contributed by atoms with Gasteiger partial charge in [-0.2, -0.15) is 0 Å². The van der Waals surface area contributed by atoms with Crippen LogP contribution in [-0.2, 0) is 21.2 Å².